The number of aryl methyl sites for hydroxylation is 1. The Balaban J connectivity index is 2.75. The molecule has 18 heavy (non-hydrogen) atoms. The highest BCUT2D eigenvalue weighted by molar-refractivity contribution is 5.75. The maximum absolute atomic E-state index is 12.0. The van der Waals surface area contributed by atoms with Crippen LogP contribution in [0.4, 0.5) is 0 Å². The van der Waals surface area contributed by atoms with E-state index in [4.69, 9.17) is 0 Å². The Bertz CT molecular complexity index is 469. The van der Waals surface area contributed by atoms with Crippen molar-refractivity contribution in [2.75, 3.05) is 13.1 Å². The zero-order valence-electron chi connectivity index (χ0n) is 11.3. The van der Waals surface area contributed by atoms with Gasteiger partial charge in [0.2, 0.25) is 5.91 Å². The van der Waals surface area contributed by atoms with E-state index in [1.807, 2.05) is 6.92 Å². The Hall–Kier alpha value is -1.63. The van der Waals surface area contributed by atoms with Crippen molar-refractivity contribution in [3.63, 3.8) is 0 Å². The van der Waals surface area contributed by atoms with E-state index in [0.717, 1.165) is 4.68 Å². The molecule has 0 bridgehead atoms. The third kappa shape index (κ3) is 3.69. The Labute approximate surface area is 106 Å². The maximum atomic E-state index is 12.0. The summed E-state index contributed by atoms with van der Waals surface area (Å²) in [5.41, 5.74) is -1.29. The Kier molecular flexibility index (Phi) is 4.28. The van der Waals surface area contributed by atoms with Crippen molar-refractivity contribution >= 4 is 5.91 Å². The predicted octanol–water partition coefficient (Wildman–Crippen LogP) is -0.799. The van der Waals surface area contributed by atoms with Crippen LogP contribution in [0.15, 0.2) is 11.1 Å². The number of amides is 1. The van der Waals surface area contributed by atoms with Gasteiger partial charge < -0.3 is 10.0 Å². The van der Waals surface area contributed by atoms with Gasteiger partial charge in [-0.3, -0.25) is 9.36 Å². The molecule has 1 aromatic rings. The summed E-state index contributed by atoms with van der Waals surface area (Å²) in [6, 6.07) is 0. The molecule has 0 aliphatic carbocycles. The third-order valence-corrected chi connectivity index (χ3v) is 2.48. The number of aromatic nitrogens is 3. The number of aliphatic hydroxyl groups is 1. The number of nitrogens with zero attached hydrogens (tertiary/aromatic N) is 4. The van der Waals surface area contributed by atoms with Crippen molar-refractivity contribution in [1.82, 2.24) is 19.2 Å². The minimum atomic E-state index is -0.958. The number of hydrogen-bond acceptors (Lipinski definition) is 4. The van der Waals surface area contributed by atoms with Crippen molar-refractivity contribution < 1.29 is 9.90 Å². The third-order valence-electron chi connectivity index (χ3n) is 2.48. The monoisotopic (exact) mass is 256 g/mol. The van der Waals surface area contributed by atoms with Gasteiger partial charge in [-0.15, -0.1) is 0 Å². The summed E-state index contributed by atoms with van der Waals surface area (Å²) in [5, 5.41) is 13.5. The largest absolute Gasteiger partial charge is 0.389 e. The number of rotatable bonds is 5. The molecular formula is C11H20N4O3. The van der Waals surface area contributed by atoms with Crippen LogP contribution in [0.25, 0.3) is 0 Å². The average Bonchev–Trinajstić information content (AvgIpc) is 2.56. The second-order valence-corrected chi connectivity index (χ2v) is 4.90. The molecule has 1 N–H and O–H groups in total. The zero-order valence-corrected chi connectivity index (χ0v) is 11.3. The molecule has 1 aromatic heterocycles. The van der Waals surface area contributed by atoms with Gasteiger partial charge in [0.1, 0.15) is 12.9 Å². The van der Waals surface area contributed by atoms with E-state index in [9.17, 15) is 14.7 Å². The number of hydrogen-bond donors (Lipinski definition) is 1. The van der Waals surface area contributed by atoms with Gasteiger partial charge in [0.05, 0.1) is 5.60 Å². The van der Waals surface area contributed by atoms with Gasteiger partial charge in [0.15, 0.2) is 0 Å². The fourth-order valence-electron chi connectivity index (χ4n) is 1.60. The van der Waals surface area contributed by atoms with Gasteiger partial charge in [-0.25, -0.2) is 9.48 Å². The van der Waals surface area contributed by atoms with E-state index in [1.165, 1.54) is 15.8 Å². The number of carbonyl (C=O) groups is 1. The summed E-state index contributed by atoms with van der Waals surface area (Å²) < 4.78 is 2.41. The van der Waals surface area contributed by atoms with Crippen LogP contribution in [-0.4, -0.2) is 49.0 Å². The van der Waals surface area contributed by atoms with E-state index in [1.54, 1.807) is 20.9 Å². The molecule has 0 radical (unpaired) electrons. The molecule has 7 nitrogen and oxygen atoms in total. The van der Waals surface area contributed by atoms with Crippen LogP contribution in [0.1, 0.15) is 20.8 Å². The molecule has 102 valence electrons. The number of likely N-dealkylation sites (N-methyl/N-ethyl adjacent to an activating group) is 1. The summed E-state index contributed by atoms with van der Waals surface area (Å²) in [4.78, 5) is 25.0. The highest BCUT2D eigenvalue weighted by Crippen LogP contribution is 2.05. The first-order valence-corrected chi connectivity index (χ1v) is 5.83. The van der Waals surface area contributed by atoms with Crippen molar-refractivity contribution in [1.29, 1.82) is 0 Å². The first kappa shape index (κ1) is 14.4. The summed E-state index contributed by atoms with van der Waals surface area (Å²) in [5.74, 6) is -0.236. The van der Waals surface area contributed by atoms with E-state index >= 15 is 0 Å². The lowest BCUT2D eigenvalue weighted by molar-refractivity contribution is -0.134. The van der Waals surface area contributed by atoms with Gasteiger partial charge in [-0.2, -0.15) is 5.10 Å². The van der Waals surface area contributed by atoms with E-state index in [2.05, 4.69) is 5.10 Å². The molecule has 0 fully saturated rings. The van der Waals surface area contributed by atoms with Crippen LogP contribution in [0, 0.1) is 0 Å². The molecule has 0 atom stereocenters. The molecule has 0 saturated carbocycles. The highest BCUT2D eigenvalue weighted by Gasteiger charge is 2.22. The smallest absolute Gasteiger partial charge is 0.345 e. The lowest BCUT2D eigenvalue weighted by Gasteiger charge is -2.27. The quantitative estimate of drug-likeness (QED) is 0.748. The van der Waals surface area contributed by atoms with E-state index in [0.29, 0.717) is 6.54 Å². The molecule has 0 unspecified atom stereocenters. The molecule has 1 rings (SSSR count). The summed E-state index contributed by atoms with van der Waals surface area (Å²) >= 11 is 0. The first-order chi connectivity index (χ1) is 8.24. The molecule has 0 aromatic carbocycles. The van der Waals surface area contributed by atoms with Crippen LogP contribution < -0.4 is 5.69 Å². The summed E-state index contributed by atoms with van der Waals surface area (Å²) in [6.45, 7) is 5.69. The van der Waals surface area contributed by atoms with Crippen LogP contribution >= 0.6 is 0 Å². The predicted molar refractivity (Wildman–Crippen MR) is 66.0 cm³/mol. The second kappa shape index (κ2) is 5.34. The Morgan fingerprint density at radius 3 is 2.56 bits per heavy atom. The minimum Gasteiger partial charge on any atom is -0.389 e. The first-order valence-electron chi connectivity index (χ1n) is 5.83. The topological polar surface area (TPSA) is 80.4 Å². The maximum Gasteiger partial charge on any atom is 0.345 e. The van der Waals surface area contributed by atoms with Gasteiger partial charge in [-0.05, 0) is 20.8 Å². The van der Waals surface area contributed by atoms with Crippen LogP contribution in [0.3, 0.4) is 0 Å². The molecule has 0 saturated heterocycles. The summed E-state index contributed by atoms with van der Waals surface area (Å²) in [7, 11) is 1.57. The van der Waals surface area contributed by atoms with E-state index in [-0.39, 0.29) is 24.7 Å². The Morgan fingerprint density at radius 1 is 1.56 bits per heavy atom. The van der Waals surface area contributed by atoms with Crippen LogP contribution in [0.2, 0.25) is 0 Å². The molecule has 0 spiro atoms. The van der Waals surface area contributed by atoms with Gasteiger partial charge >= 0.3 is 5.69 Å². The fraction of sp³-hybridized carbons (Fsp3) is 0.727. The molecule has 0 aliphatic heterocycles. The van der Waals surface area contributed by atoms with Crippen molar-refractivity contribution in [3.8, 4) is 0 Å². The minimum absolute atomic E-state index is 0.108. The van der Waals surface area contributed by atoms with Gasteiger partial charge in [-0.1, -0.05) is 0 Å². The molecule has 7 heteroatoms. The fourth-order valence-corrected chi connectivity index (χ4v) is 1.60. The molecule has 1 heterocycles. The standard InChI is InChI=1S/C11H20N4O3/c1-5-14(7-11(2,3)18)9(16)6-15-10(17)13(4)8-12-15/h8,18H,5-7H2,1-4H3. The van der Waals surface area contributed by atoms with Crippen molar-refractivity contribution in [2.24, 2.45) is 7.05 Å². The van der Waals surface area contributed by atoms with Crippen molar-refractivity contribution in [3.05, 3.63) is 16.8 Å². The van der Waals surface area contributed by atoms with E-state index < -0.39 is 5.60 Å². The highest BCUT2D eigenvalue weighted by atomic mass is 16.3. The van der Waals surface area contributed by atoms with Gasteiger partial charge in [0.25, 0.3) is 0 Å². The van der Waals surface area contributed by atoms with Gasteiger partial charge in [0, 0.05) is 20.1 Å². The lowest BCUT2D eigenvalue weighted by atomic mass is 10.1. The van der Waals surface area contributed by atoms with Crippen LogP contribution in [0.5, 0.6) is 0 Å². The SMILES string of the molecule is CCN(CC(C)(C)O)C(=O)Cn1ncn(C)c1=O. The molecular weight excluding hydrogens is 236 g/mol. The second-order valence-electron chi connectivity index (χ2n) is 4.90. The average molecular weight is 256 g/mol. The molecule has 0 aliphatic rings. The normalized spacial score (nSPS) is 11.6. The zero-order chi connectivity index (χ0) is 13.9. The summed E-state index contributed by atoms with van der Waals surface area (Å²) in [6.07, 6.45) is 1.36. The van der Waals surface area contributed by atoms with Crippen LogP contribution in [-0.2, 0) is 18.4 Å². The Morgan fingerprint density at radius 2 is 2.17 bits per heavy atom. The lowest BCUT2D eigenvalue weighted by Crippen LogP contribution is -2.44. The molecule has 1 amide bonds. The number of carbonyl (C=O) groups excluding carboxylic acids is 1. The van der Waals surface area contributed by atoms with Crippen molar-refractivity contribution in [2.45, 2.75) is 32.9 Å².